The normalized spacial score (nSPS) is 26.5. The second-order valence-electron chi connectivity index (χ2n) is 9.63. The predicted octanol–water partition coefficient (Wildman–Crippen LogP) is 3.84. The number of hydrogen-bond donors (Lipinski definition) is 2. The van der Waals surface area contributed by atoms with Crippen molar-refractivity contribution in [2.24, 2.45) is 5.92 Å². The lowest BCUT2D eigenvalue weighted by Gasteiger charge is -2.26. The Labute approximate surface area is 204 Å². The highest BCUT2D eigenvalue weighted by Gasteiger charge is 2.38. The van der Waals surface area contributed by atoms with Gasteiger partial charge < -0.3 is 9.84 Å². The van der Waals surface area contributed by atoms with E-state index in [0.29, 0.717) is 23.3 Å². The summed E-state index contributed by atoms with van der Waals surface area (Å²) >= 11 is 1.61. The quantitative estimate of drug-likeness (QED) is 0.626. The Hall–Kier alpha value is -2.57. The maximum atomic E-state index is 9.78. The molecule has 4 atom stereocenters. The molecule has 3 aliphatic rings. The number of benzene rings is 1. The van der Waals surface area contributed by atoms with Crippen LogP contribution in [0.1, 0.15) is 49.6 Å². The standard InChI is InChI=1S/C26H31N5O2S/c1-16(2)33-24-9-6-17(12-18(24)13-27)25-29-30-26(34-25)22-5-3-4-21-20(22)7-8-23(21)28-15-31-11-10-19(32)14-31/h3-6,9,12,16,19-20,22-23,28,32H,7-8,10-11,14-15H2,1-2H3. The summed E-state index contributed by atoms with van der Waals surface area (Å²) in [4.78, 5) is 2.29. The highest BCUT2D eigenvalue weighted by molar-refractivity contribution is 7.14. The molecule has 0 bridgehead atoms. The molecule has 4 unspecified atom stereocenters. The van der Waals surface area contributed by atoms with Crippen LogP contribution in [0.15, 0.2) is 42.0 Å². The molecule has 1 saturated heterocycles. The van der Waals surface area contributed by atoms with Crippen molar-refractivity contribution in [2.45, 2.75) is 57.3 Å². The molecular weight excluding hydrogens is 446 g/mol. The fourth-order valence-electron chi connectivity index (χ4n) is 5.25. The van der Waals surface area contributed by atoms with Gasteiger partial charge in [0.25, 0.3) is 0 Å². The van der Waals surface area contributed by atoms with Crippen LogP contribution in [-0.2, 0) is 0 Å². The number of likely N-dealkylation sites (tertiary alicyclic amines) is 1. The Morgan fingerprint density at radius 3 is 2.94 bits per heavy atom. The lowest BCUT2D eigenvalue weighted by Crippen LogP contribution is -2.39. The number of fused-ring (bicyclic) bond motifs is 1. The van der Waals surface area contributed by atoms with Crippen molar-refractivity contribution < 1.29 is 9.84 Å². The van der Waals surface area contributed by atoms with Gasteiger partial charge in [0.05, 0.1) is 17.8 Å². The van der Waals surface area contributed by atoms with E-state index in [9.17, 15) is 10.4 Å². The van der Waals surface area contributed by atoms with Crippen LogP contribution in [-0.4, -0.2) is 58.2 Å². The average molecular weight is 478 g/mol. The van der Waals surface area contributed by atoms with E-state index in [1.165, 1.54) is 5.57 Å². The Morgan fingerprint density at radius 1 is 1.29 bits per heavy atom. The molecule has 2 aromatic rings. The molecular formula is C26H31N5O2S. The minimum Gasteiger partial charge on any atom is -0.490 e. The number of nitriles is 1. The second-order valence-corrected chi connectivity index (χ2v) is 10.6. The largest absolute Gasteiger partial charge is 0.490 e. The Balaban J connectivity index is 1.28. The Bertz CT molecular complexity index is 1130. The summed E-state index contributed by atoms with van der Waals surface area (Å²) in [5.41, 5.74) is 2.86. The van der Waals surface area contributed by atoms with Gasteiger partial charge in [-0.3, -0.25) is 10.2 Å². The summed E-state index contributed by atoms with van der Waals surface area (Å²) in [6.45, 7) is 6.44. The highest BCUT2D eigenvalue weighted by Crippen LogP contribution is 2.45. The average Bonchev–Trinajstić information content (AvgIpc) is 3.57. The topological polar surface area (TPSA) is 94.3 Å². The third-order valence-electron chi connectivity index (χ3n) is 6.88. The zero-order valence-corrected chi connectivity index (χ0v) is 20.5. The number of hydrogen-bond acceptors (Lipinski definition) is 8. The summed E-state index contributed by atoms with van der Waals surface area (Å²) in [6.07, 6.45) is 9.59. The fraction of sp³-hybridized carbons (Fsp3) is 0.500. The molecule has 2 heterocycles. The summed E-state index contributed by atoms with van der Waals surface area (Å²) in [6, 6.07) is 8.26. The van der Waals surface area contributed by atoms with E-state index in [2.05, 4.69) is 44.7 Å². The smallest absolute Gasteiger partial charge is 0.147 e. The van der Waals surface area contributed by atoms with Gasteiger partial charge in [-0.15, -0.1) is 10.2 Å². The Morgan fingerprint density at radius 2 is 2.18 bits per heavy atom. The molecule has 178 valence electrons. The first-order valence-electron chi connectivity index (χ1n) is 12.1. The third-order valence-corrected chi connectivity index (χ3v) is 7.96. The number of rotatable bonds is 7. The zero-order chi connectivity index (χ0) is 23.7. The molecule has 1 saturated carbocycles. The van der Waals surface area contributed by atoms with Crippen molar-refractivity contribution in [3.8, 4) is 22.4 Å². The van der Waals surface area contributed by atoms with Crippen molar-refractivity contribution in [1.29, 1.82) is 5.26 Å². The van der Waals surface area contributed by atoms with Gasteiger partial charge in [-0.25, -0.2) is 0 Å². The molecule has 1 aromatic heterocycles. The first-order chi connectivity index (χ1) is 16.5. The van der Waals surface area contributed by atoms with Crippen molar-refractivity contribution in [3.63, 3.8) is 0 Å². The van der Waals surface area contributed by atoms with Crippen molar-refractivity contribution in [2.75, 3.05) is 19.8 Å². The molecule has 2 aliphatic carbocycles. The fourth-order valence-corrected chi connectivity index (χ4v) is 6.23. The van der Waals surface area contributed by atoms with Crippen LogP contribution in [0.2, 0.25) is 0 Å². The van der Waals surface area contributed by atoms with Gasteiger partial charge in [-0.05, 0) is 62.8 Å². The molecule has 7 nitrogen and oxygen atoms in total. The number of nitrogens with one attached hydrogen (secondary N) is 1. The SMILES string of the molecule is CC(C)Oc1ccc(-c2nnc(C3C=CC=C4C(NCN5CCC(O)C5)CCC43)s2)cc1C#N. The van der Waals surface area contributed by atoms with Gasteiger partial charge in [0.2, 0.25) is 0 Å². The van der Waals surface area contributed by atoms with Gasteiger partial charge in [0.15, 0.2) is 0 Å². The predicted molar refractivity (Wildman–Crippen MR) is 132 cm³/mol. The molecule has 5 rings (SSSR count). The maximum Gasteiger partial charge on any atom is 0.147 e. The van der Waals surface area contributed by atoms with E-state index < -0.39 is 0 Å². The summed E-state index contributed by atoms with van der Waals surface area (Å²) in [5, 5.41) is 33.9. The van der Waals surface area contributed by atoms with Crippen LogP contribution in [0.25, 0.3) is 10.6 Å². The van der Waals surface area contributed by atoms with E-state index >= 15 is 0 Å². The van der Waals surface area contributed by atoms with Crippen molar-refractivity contribution >= 4 is 11.3 Å². The summed E-state index contributed by atoms with van der Waals surface area (Å²) in [5.74, 6) is 1.26. The molecule has 2 fully saturated rings. The van der Waals surface area contributed by atoms with E-state index in [-0.39, 0.29) is 18.1 Å². The molecule has 2 N–H and O–H groups in total. The zero-order valence-electron chi connectivity index (χ0n) is 19.6. The first kappa shape index (κ1) is 23.2. The minimum atomic E-state index is -0.186. The van der Waals surface area contributed by atoms with E-state index in [1.807, 2.05) is 32.0 Å². The van der Waals surface area contributed by atoms with Gasteiger partial charge in [-0.1, -0.05) is 29.6 Å². The van der Waals surface area contributed by atoms with Crippen LogP contribution >= 0.6 is 11.3 Å². The number of nitrogens with zero attached hydrogens (tertiary/aromatic N) is 4. The molecule has 8 heteroatoms. The molecule has 0 spiro atoms. The number of β-amino-alcohol motifs (C(OH)–C–C–N with tert-alkyl or cyclic N) is 1. The summed E-state index contributed by atoms with van der Waals surface area (Å²) < 4.78 is 5.75. The third kappa shape index (κ3) is 4.80. The van der Waals surface area contributed by atoms with Gasteiger partial charge in [0.1, 0.15) is 21.8 Å². The lowest BCUT2D eigenvalue weighted by molar-refractivity contribution is 0.172. The van der Waals surface area contributed by atoms with Crippen molar-refractivity contribution in [3.05, 3.63) is 52.6 Å². The molecule has 0 radical (unpaired) electrons. The number of aliphatic hydroxyl groups is 1. The number of aromatic nitrogens is 2. The lowest BCUT2D eigenvalue weighted by atomic mass is 9.84. The Kier molecular flexibility index (Phi) is 6.79. The minimum absolute atomic E-state index is 0.0121. The van der Waals surface area contributed by atoms with Gasteiger partial charge in [0, 0.05) is 37.3 Å². The second kappa shape index (κ2) is 9.96. The van der Waals surface area contributed by atoms with Crippen LogP contribution in [0.5, 0.6) is 5.75 Å². The van der Waals surface area contributed by atoms with Crippen LogP contribution < -0.4 is 10.1 Å². The van der Waals surface area contributed by atoms with Crippen LogP contribution in [0, 0.1) is 17.2 Å². The highest BCUT2D eigenvalue weighted by atomic mass is 32.1. The molecule has 34 heavy (non-hydrogen) atoms. The molecule has 1 aliphatic heterocycles. The number of ether oxygens (including phenoxy) is 1. The molecule has 1 aromatic carbocycles. The maximum absolute atomic E-state index is 9.78. The van der Waals surface area contributed by atoms with E-state index in [1.54, 1.807) is 11.3 Å². The van der Waals surface area contributed by atoms with Crippen molar-refractivity contribution in [1.82, 2.24) is 20.4 Å². The summed E-state index contributed by atoms with van der Waals surface area (Å²) in [7, 11) is 0. The monoisotopic (exact) mass is 477 g/mol. The van der Waals surface area contributed by atoms with Gasteiger partial charge in [-0.2, -0.15) is 5.26 Å². The first-order valence-corrected chi connectivity index (χ1v) is 12.9. The van der Waals surface area contributed by atoms with Crippen LogP contribution in [0.3, 0.4) is 0 Å². The van der Waals surface area contributed by atoms with E-state index in [4.69, 9.17) is 4.74 Å². The molecule has 0 amide bonds. The van der Waals surface area contributed by atoms with Gasteiger partial charge >= 0.3 is 0 Å². The van der Waals surface area contributed by atoms with E-state index in [0.717, 1.165) is 54.6 Å². The number of aliphatic hydroxyl groups excluding tert-OH is 1. The van der Waals surface area contributed by atoms with Crippen LogP contribution in [0.4, 0.5) is 0 Å². The number of allylic oxidation sites excluding steroid dienone is 3.